The Morgan fingerprint density at radius 1 is 1.29 bits per heavy atom. The average molecular weight is 290 g/mol. The van der Waals surface area contributed by atoms with E-state index in [0.717, 1.165) is 39.3 Å². The molecule has 1 fully saturated rings. The highest BCUT2D eigenvalue weighted by molar-refractivity contribution is 5.27. The number of morpholine rings is 1. The lowest BCUT2D eigenvalue weighted by Gasteiger charge is -2.46. The van der Waals surface area contributed by atoms with Crippen molar-refractivity contribution < 1.29 is 4.74 Å². The van der Waals surface area contributed by atoms with Gasteiger partial charge in [-0.2, -0.15) is 0 Å². The van der Waals surface area contributed by atoms with Gasteiger partial charge in [0.25, 0.3) is 0 Å². The summed E-state index contributed by atoms with van der Waals surface area (Å²) >= 11 is 0. The third-order valence-corrected chi connectivity index (χ3v) is 4.51. The molecule has 1 N–H and O–H groups in total. The Morgan fingerprint density at radius 2 is 2.00 bits per heavy atom. The lowest BCUT2D eigenvalue weighted by atomic mass is 9.86. The maximum atomic E-state index is 5.52. The van der Waals surface area contributed by atoms with E-state index >= 15 is 0 Å². The molecule has 1 aromatic rings. The summed E-state index contributed by atoms with van der Waals surface area (Å²) in [6.45, 7) is 13.9. The highest BCUT2D eigenvalue weighted by Crippen LogP contribution is 2.32. The van der Waals surface area contributed by atoms with Crippen LogP contribution in [0.25, 0.3) is 0 Å². The van der Waals surface area contributed by atoms with Crippen LogP contribution in [0.2, 0.25) is 0 Å². The van der Waals surface area contributed by atoms with Gasteiger partial charge in [-0.25, -0.2) is 0 Å². The first kappa shape index (κ1) is 16.5. The van der Waals surface area contributed by atoms with Gasteiger partial charge in [-0.15, -0.1) is 0 Å². The minimum atomic E-state index is 0.0761. The van der Waals surface area contributed by atoms with Crippen molar-refractivity contribution in [1.29, 1.82) is 0 Å². The molecule has 1 saturated heterocycles. The molecule has 3 nitrogen and oxygen atoms in total. The molecule has 0 bridgehead atoms. The molecular weight excluding hydrogens is 260 g/mol. The zero-order valence-electron chi connectivity index (χ0n) is 14.0. The van der Waals surface area contributed by atoms with Gasteiger partial charge in [0, 0.05) is 18.6 Å². The van der Waals surface area contributed by atoms with E-state index in [1.54, 1.807) is 0 Å². The fraction of sp³-hybridized carbons (Fsp3) is 0.667. The van der Waals surface area contributed by atoms with Crippen molar-refractivity contribution in [2.45, 2.75) is 45.7 Å². The normalized spacial score (nSPS) is 18.7. The van der Waals surface area contributed by atoms with E-state index in [2.05, 4.69) is 62.2 Å². The molecule has 1 atom stereocenters. The smallest absolute Gasteiger partial charge is 0.0594 e. The molecular formula is C18H30N2O. The third kappa shape index (κ3) is 4.06. The van der Waals surface area contributed by atoms with Crippen LogP contribution in [0.3, 0.4) is 0 Å². The Balaban J connectivity index is 2.25. The van der Waals surface area contributed by atoms with Gasteiger partial charge in [0.05, 0.1) is 19.3 Å². The van der Waals surface area contributed by atoms with Crippen LogP contribution in [0.4, 0.5) is 0 Å². The van der Waals surface area contributed by atoms with Crippen molar-refractivity contribution in [3.05, 3.63) is 35.4 Å². The zero-order valence-corrected chi connectivity index (χ0v) is 14.0. The topological polar surface area (TPSA) is 24.5 Å². The molecule has 0 aliphatic carbocycles. The maximum Gasteiger partial charge on any atom is 0.0594 e. The van der Waals surface area contributed by atoms with Crippen molar-refractivity contribution in [2.75, 3.05) is 32.8 Å². The van der Waals surface area contributed by atoms with Crippen molar-refractivity contribution in [3.63, 3.8) is 0 Å². The largest absolute Gasteiger partial charge is 0.379 e. The molecule has 1 aliphatic heterocycles. The lowest BCUT2D eigenvalue weighted by molar-refractivity contribution is -0.0238. The summed E-state index contributed by atoms with van der Waals surface area (Å²) in [5.41, 5.74) is 2.79. The van der Waals surface area contributed by atoms with Crippen LogP contribution in [-0.2, 0) is 4.74 Å². The van der Waals surface area contributed by atoms with Gasteiger partial charge in [0.2, 0.25) is 0 Å². The molecule has 3 heteroatoms. The predicted octanol–water partition coefficient (Wildman–Crippen LogP) is 3.15. The molecule has 0 amide bonds. The van der Waals surface area contributed by atoms with E-state index in [1.165, 1.54) is 11.1 Å². The van der Waals surface area contributed by atoms with E-state index < -0.39 is 0 Å². The Labute approximate surface area is 129 Å². The molecule has 1 heterocycles. The lowest BCUT2D eigenvalue weighted by Crippen LogP contribution is -2.56. The van der Waals surface area contributed by atoms with Crippen molar-refractivity contribution in [2.24, 2.45) is 0 Å². The number of aryl methyl sites for hydroxylation is 1. The first-order chi connectivity index (χ1) is 10.1. The van der Waals surface area contributed by atoms with Crippen LogP contribution >= 0.6 is 0 Å². The summed E-state index contributed by atoms with van der Waals surface area (Å²) < 4.78 is 5.52. The molecule has 118 valence electrons. The zero-order chi connectivity index (χ0) is 15.3. The Morgan fingerprint density at radius 3 is 2.62 bits per heavy atom. The number of ether oxygens (including phenoxy) is 1. The first-order valence-corrected chi connectivity index (χ1v) is 8.18. The Kier molecular flexibility index (Phi) is 5.80. The molecule has 21 heavy (non-hydrogen) atoms. The van der Waals surface area contributed by atoms with E-state index in [1.807, 2.05) is 0 Å². The maximum absolute atomic E-state index is 5.52. The van der Waals surface area contributed by atoms with Gasteiger partial charge >= 0.3 is 0 Å². The fourth-order valence-corrected chi connectivity index (χ4v) is 3.24. The van der Waals surface area contributed by atoms with Crippen LogP contribution < -0.4 is 5.32 Å². The summed E-state index contributed by atoms with van der Waals surface area (Å²) in [5.74, 6) is 0. The average Bonchev–Trinajstić information content (AvgIpc) is 2.48. The highest BCUT2D eigenvalue weighted by Gasteiger charge is 2.36. The van der Waals surface area contributed by atoms with Crippen molar-refractivity contribution in [3.8, 4) is 0 Å². The molecule has 1 aliphatic rings. The highest BCUT2D eigenvalue weighted by atomic mass is 16.5. The van der Waals surface area contributed by atoms with Crippen LogP contribution in [0.15, 0.2) is 24.3 Å². The second-order valence-electron chi connectivity index (χ2n) is 6.55. The minimum absolute atomic E-state index is 0.0761. The van der Waals surface area contributed by atoms with Gasteiger partial charge in [0.1, 0.15) is 0 Å². The standard InChI is InChI=1S/C18H30N2O/c1-5-9-19-17(16-8-6-7-15(2)14-16)18(3,4)20-10-12-21-13-11-20/h6-8,14,17,19H,5,9-13H2,1-4H3. The summed E-state index contributed by atoms with van der Waals surface area (Å²) in [5, 5.41) is 3.77. The molecule has 1 unspecified atom stereocenters. The quantitative estimate of drug-likeness (QED) is 0.871. The van der Waals surface area contributed by atoms with E-state index in [-0.39, 0.29) is 5.54 Å². The van der Waals surface area contributed by atoms with Crippen molar-refractivity contribution >= 4 is 0 Å². The van der Waals surface area contributed by atoms with Gasteiger partial charge < -0.3 is 10.1 Å². The van der Waals surface area contributed by atoms with Gasteiger partial charge in [-0.1, -0.05) is 36.8 Å². The molecule has 0 radical (unpaired) electrons. The minimum Gasteiger partial charge on any atom is -0.379 e. The number of benzene rings is 1. The van der Waals surface area contributed by atoms with Crippen LogP contribution in [0.1, 0.15) is 44.4 Å². The molecule has 1 aromatic carbocycles. The molecule has 0 aromatic heterocycles. The number of hydrogen-bond acceptors (Lipinski definition) is 3. The van der Waals surface area contributed by atoms with Crippen molar-refractivity contribution in [1.82, 2.24) is 10.2 Å². The van der Waals surface area contributed by atoms with Gasteiger partial charge in [-0.3, -0.25) is 4.90 Å². The molecule has 0 saturated carbocycles. The fourth-order valence-electron chi connectivity index (χ4n) is 3.24. The Bertz CT molecular complexity index is 439. The van der Waals surface area contributed by atoms with Gasteiger partial charge in [-0.05, 0) is 39.3 Å². The summed E-state index contributed by atoms with van der Waals surface area (Å²) in [6.07, 6.45) is 1.15. The van der Waals surface area contributed by atoms with E-state index in [0.29, 0.717) is 6.04 Å². The van der Waals surface area contributed by atoms with Crippen LogP contribution in [-0.4, -0.2) is 43.3 Å². The van der Waals surface area contributed by atoms with E-state index in [9.17, 15) is 0 Å². The molecule has 2 rings (SSSR count). The monoisotopic (exact) mass is 290 g/mol. The Hall–Kier alpha value is -0.900. The number of hydrogen-bond donors (Lipinski definition) is 1. The van der Waals surface area contributed by atoms with E-state index in [4.69, 9.17) is 4.74 Å². The second-order valence-corrected chi connectivity index (χ2v) is 6.55. The third-order valence-electron chi connectivity index (χ3n) is 4.51. The SMILES string of the molecule is CCCNC(c1cccc(C)c1)C(C)(C)N1CCOCC1. The van der Waals surface area contributed by atoms with Gasteiger partial charge in [0.15, 0.2) is 0 Å². The number of nitrogens with one attached hydrogen (secondary N) is 1. The summed E-state index contributed by atoms with van der Waals surface area (Å²) in [7, 11) is 0. The number of rotatable bonds is 6. The second kappa shape index (κ2) is 7.39. The van der Waals surface area contributed by atoms with Crippen LogP contribution in [0.5, 0.6) is 0 Å². The molecule has 0 spiro atoms. The predicted molar refractivity (Wildman–Crippen MR) is 88.7 cm³/mol. The number of nitrogens with zero attached hydrogens (tertiary/aromatic N) is 1. The van der Waals surface area contributed by atoms with Crippen LogP contribution in [0, 0.1) is 6.92 Å². The summed E-state index contributed by atoms with van der Waals surface area (Å²) in [6, 6.07) is 9.25. The first-order valence-electron chi connectivity index (χ1n) is 8.18. The summed E-state index contributed by atoms with van der Waals surface area (Å²) in [4.78, 5) is 2.56.